The van der Waals surface area contributed by atoms with E-state index >= 15 is 0 Å². The van der Waals surface area contributed by atoms with Gasteiger partial charge >= 0.3 is 0 Å². The van der Waals surface area contributed by atoms with Gasteiger partial charge in [-0.1, -0.05) is 19.9 Å². The number of nitrogens with one attached hydrogen (secondary N) is 2. The minimum absolute atomic E-state index is 0. The summed E-state index contributed by atoms with van der Waals surface area (Å²) in [6.07, 6.45) is 6.48. The molecule has 3 heterocycles. The molecule has 1 aliphatic carbocycles. The number of aromatic nitrogens is 3. The minimum Gasteiger partial charge on any atom is -0.494 e. The molecule has 1 saturated carbocycles. The Morgan fingerprint density at radius 3 is 2.79 bits per heavy atom. The summed E-state index contributed by atoms with van der Waals surface area (Å²) in [5.41, 5.74) is 1.56. The molecule has 152 valence electrons. The Morgan fingerprint density at radius 2 is 2.18 bits per heavy atom. The molecule has 3 N–H and O–H groups in total. The quantitative estimate of drug-likeness (QED) is 0.698. The summed E-state index contributed by atoms with van der Waals surface area (Å²) in [6, 6.07) is 0.0946. The van der Waals surface area contributed by atoms with Crippen molar-refractivity contribution < 1.29 is 9.90 Å². The fourth-order valence-corrected chi connectivity index (χ4v) is 3.48. The van der Waals surface area contributed by atoms with Gasteiger partial charge in [-0.05, 0) is 37.3 Å². The lowest BCUT2D eigenvalue weighted by atomic mass is 10.0. The van der Waals surface area contributed by atoms with E-state index in [1.807, 2.05) is 13.8 Å². The zero-order valence-electron chi connectivity index (χ0n) is 16.1. The predicted octanol–water partition coefficient (Wildman–Crippen LogP) is 1.55. The smallest absolute Gasteiger partial charge is 0.291 e. The van der Waals surface area contributed by atoms with Crippen molar-refractivity contribution in [1.82, 2.24) is 24.8 Å². The van der Waals surface area contributed by atoms with Crippen molar-refractivity contribution in [2.24, 2.45) is 5.92 Å². The fraction of sp³-hybridized carbons (Fsp3) is 0.526. The Labute approximate surface area is 169 Å². The fourth-order valence-electron chi connectivity index (χ4n) is 3.48. The van der Waals surface area contributed by atoms with Crippen LogP contribution in [-0.4, -0.2) is 44.3 Å². The molecule has 4 rings (SSSR count). The second kappa shape index (κ2) is 7.97. The van der Waals surface area contributed by atoms with Crippen LogP contribution in [0.2, 0.25) is 0 Å². The third-order valence-corrected chi connectivity index (χ3v) is 4.95. The van der Waals surface area contributed by atoms with Gasteiger partial charge in [0.05, 0.1) is 6.20 Å². The maximum atomic E-state index is 13.0. The summed E-state index contributed by atoms with van der Waals surface area (Å²) in [5.74, 6) is -0.608. The Bertz CT molecular complexity index is 988. The van der Waals surface area contributed by atoms with Gasteiger partial charge < -0.3 is 15.7 Å². The van der Waals surface area contributed by atoms with Gasteiger partial charge in [0.1, 0.15) is 5.65 Å². The maximum absolute atomic E-state index is 13.0. The number of fused-ring (bicyclic) bond motifs is 1. The number of nitrogens with zero attached hydrogens (tertiary/aromatic N) is 3. The lowest BCUT2D eigenvalue weighted by Crippen LogP contribution is -2.34. The highest BCUT2D eigenvalue weighted by Crippen LogP contribution is 2.27. The molecule has 8 nitrogen and oxygen atoms in total. The van der Waals surface area contributed by atoms with Crippen LogP contribution in [0.5, 0.6) is 5.88 Å². The molecule has 0 radical (unpaired) electrons. The third kappa shape index (κ3) is 3.66. The monoisotopic (exact) mass is 407 g/mol. The van der Waals surface area contributed by atoms with Crippen LogP contribution in [0.1, 0.15) is 49.0 Å². The van der Waals surface area contributed by atoms with Crippen LogP contribution in [0, 0.1) is 5.92 Å². The van der Waals surface area contributed by atoms with E-state index < -0.39 is 11.5 Å². The van der Waals surface area contributed by atoms with E-state index in [2.05, 4.69) is 21.8 Å². The largest absolute Gasteiger partial charge is 0.494 e. The van der Waals surface area contributed by atoms with Gasteiger partial charge in [0.15, 0.2) is 5.56 Å². The number of hydrogen-bond donors (Lipinski definition) is 3. The Morgan fingerprint density at radius 1 is 1.43 bits per heavy atom. The average Bonchev–Trinajstić information content (AvgIpc) is 3.33. The van der Waals surface area contributed by atoms with E-state index in [-0.39, 0.29) is 35.8 Å². The number of carbonyl (C=O) groups excluding carboxylic acids is 1. The van der Waals surface area contributed by atoms with Crippen LogP contribution < -0.4 is 16.2 Å². The summed E-state index contributed by atoms with van der Waals surface area (Å²) < 4.78 is 2.89. The van der Waals surface area contributed by atoms with Gasteiger partial charge in [-0.15, -0.1) is 12.4 Å². The van der Waals surface area contributed by atoms with E-state index in [9.17, 15) is 14.7 Å². The third-order valence-electron chi connectivity index (χ3n) is 4.95. The molecule has 2 aliphatic rings. The second-order valence-electron chi connectivity index (χ2n) is 7.74. The standard InChI is InChI=1S/C19H25N5O3.ClH/c1-11(2)10-23-17-14(12-4-3-7-20-8-12)9-21-24(17)19(27)15(18(23)26)16(25)22-13-5-6-13;/h4,9,11,13,20,26H,3,5-8,10H2,1-2H3,(H,22,25);1H. The normalized spacial score (nSPS) is 16.8. The van der Waals surface area contributed by atoms with E-state index in [0.717, 1.165) is 36.9 Å². The zero-order valence-corrected chi connectivity index (χ0v) is 16.9. The summed E-state index contributed by atoms with van der Waals surface area (Å²) in [6.45, 7) is 6.11. The first-order chi connectivity index (χ1) is 13.0. The van der Waals surface area contributed by atoms with Crippen LogP contribution in [-0.2, 0) is 6.54 Å². The summed E-state index contributed by atoms with van der Waals surface area (Å²) in [5, 5.41) is 21.3. The van der Waals surface area contributed by atoms with Crippen molar-refractivity contribution in [3.8, 4) is 5.88 Å². The van der Waals surface area contributed by atoms with Gasteiger partial charge in [-0.3, -0.25) is 14.2 Å². The number of hydrogen-bond acceptors (Lipinski definition) is 5. The number of amides is 1. The van der Waals surface area contributed by atoms with Crippen molar-refractivity contribution in [2.45, 2.75) is 45.7 Å². The highest BCUT2D eigenvalue weighted by Gasteiger charge is 2.30. The highest BCUT2D eigenvalue weighted by molar-refractivity contribution is 5.97. The van der Waals surface area contributed by atoms with Gasteiger partial charge in [-0.25, -0.2) is 0 Å². The van der Waals surface area contributed by atoms with Crippen molar-refractivity contribution >= 4 is 29.5 Å². The molecule has 0 saturated heterocycles. The highest BCUT2D eigenvalue weighted by atomic mass is 35.5. The molecule has 0 spiro atoms. The topological polar surface area (TPSA) is 101 Å². The molecular weight excluding hydrogens is 382 g/mol. The maximum Gasteiger partial charge on any atom is 0.291 e. The molecule has 0 aromatic carbocycles. The van der Waals surface area contributed by atoms with Crippen molar-refractivity contribution in [1.29, 1.82) is 0 Å². The molecule has 2 aromatic heterocycles. The SMILES string of the molecule is CC(C)Cn1c(O)c(C(=O)NC2CC2)c(=O)n2ncc(C3=CCCNC3)c12.Cl. The van der Waals surface area contributed by atoms with Crippen LogP contribution in [0.4, 0.5) is 0 Å². The van der Waals surface area contributed by atoms with Crippen molar-refractivity contribution in [3.05, 3.63) is 33.8 Å². The second-order valence-corrected chi connectivity index (χ2v) is 7.74. The van der Waals surface area contributed by atoms with Crippen LogP contribution in [0.3, 0.4) is 0 Å². The molecule has 2 aromatic rings. The lowest BCUT2D eigenvalue weighted by molar-refractivity contribution is 0.0944. The van der Waals surface area contributed by atoms with Gasteiger partial charge in [0.25, 0.3) is 11.5 Å². The van der Waals surface area contributed by atoms with Crippen LogP contribution in [0.25, 0.3) is 11.2 Å². The molecule has 0 atom stereocenters. The summed E-state index contributed by atoms with van der Waals surface area (Å²) in [4.78, 5) is 25.5. The molecule has 0 unspecified atom stereocenters. The van der Waals surface area contributed by atoms with Gasteiger partial charge in [-0.2, -0.15) is 9.61 Å². The average molecular weight is 408 g/mol. The van der Waals surface area contributed by atoms with Crippen LogP contribution >= 0.6 is 12.4 Å². The molecule has 1 aliphatic heterocycles. The first-order valence-corrected chi connectivity index (χ1v) is 9.52. The summed E-state index contributed by atoms with van der Waals surface area (Å²) in [7, 11) is 0. The lowest BCUT2D eigenvalue weighted by Gasteiger charge is -2.19. The minimum atomic E-state index is -0.587. The van der Waals surface area contributed by atoms with Gasteiger partial charge in [0.2, 0.25) is 5.88 Å². The summed E-state index contributed by atoms with van der Waals surface area (Å²) >= 11 is 0. The zero-order chi connectivity index (χ0) is 19.1. The van der Waals surface area contributed by atoms with Crippen LogP contribution in [0.15, 0.2) is 17.1 Å². The molecule has 1 amide bonds. The van der Waals surface area contributed by atoms with Crippen molar-refractivity contribution in [3.63, 3.8) is 0 Å². The molecule has 0 bridgehead atoms. The number of aromatic hydroxyl groups is 1. The Balaban J connectivity index is 0.00000225. The van der Waals surface area contributed by atoms with Gasteiger partial charge in [0, 0.05) is 24.7 Å². The van der Waals surface area contributed by atoms with E-state index in [0.29, 0.717) is 18.7 Å². The number of halogens is 1. The van der Waals surface area contributed by atoms with E-state index in [4.69, 9.17) is 0 Å². The Hall–Kier alpha value is -2.32. The number of rotatable bonds is 5. The first kappa shape index (κ1) is 20.4. The molecular formula is C19H26ClN5O3. The molecule has 1 fully saturated rings. The Kier molecular flexibility index (Phi) is 5.81. The molecule has 9 heteroatoms. The van der Waals surface area contributed by atoms with Crippen molar-refractivity contribution in [2.75, 3.05) is 13.1 Å². The molecule has 28 heavy (non-hydrogen) atoms. The van der Waals surface area contributed by atoms with E-state index in [1.165, 1.54) is 4.52 Å². The predicted molar refractivity (Wildman–Crippen MR) is 109 cm³/mol. The first-order valence-electron chi connectivity index (χ1n) is 9.52. The number of carbonyl (C=O) groups is 1. The van der Waals surface area contributed by atoms with E-state index in [1.54, 1.807) is 10.8 Å².